The summed E-state index contributed by atoms with van der Waals surface area (Å²) in [6, 6.07) is 6.66. The number of β-amino-alcohol motifs (C(OH)–C–C–N with tert-alkyl or cyclic N) is 1. The van der Waals surface area contributed by atoms with Gasteiger partial charge < -0.3 is 20.2 Å². The van der Waals surface area contributed by atoms with E-state index in [-0.39, 0.29) is 30.7 Å². The van der Waals surface area contributed by atoms with E-state index in [2.05, 4.69) is 10.3 Å². The first-order valence-corrected chi connectivity index (χ1v) is 11.8. The summed E-state index contributed by atoms with van der Waals surface area (Å²) < 4.78 is 0. The fourth-order valence-corrected chi connectivity index (χ4v) is 5.37. The zero-order valence-corrected chi connectivity index (χ0v) is 19.1. The molecule has 2 aliphatic heterocycles. The van der Waals surface area contributed by atoms with Gasteiger partial charge in [0.15, 0.2) is 0 Å². The van der Waals surface area contributed by atoms with E-state index in [1.165, 1.54) is 11.8 Å². The molecule has 0 spiro atoms. The van der Waals surface area contributed by atoms with Crippen molar-refractivity contribution in [2.45, 2.75) is 57.8 Å². The number of carbonyl (C=O) groups excluding carboxylic acids is 3. The lowest BCUT2D eigenvalue weighted by molar-refractivity contribution is -0.146. The highest BCUT2D eigenvalue weighted by atomic mass is 32.1. The van der Waals surface area contributed by atoms with Gasteiger partial charge in [-0.25, -0.2) is 4.98 Å². The van der Waals surface area contributed by atoms with Crippen molar-refractivity contribution in [1.82, 2.24) is 20.1 Å². The molecule has 0 saturated carbocycles. The standard InChI is InChI=1S/C23H28N4O4S/c1-14-21(32-13-25-14)17-7-5-16(6-8-17)11-24-22(30)20-10-18(29)12-27(20)23(31)19-4-3-9-26(19)15(2)28/h5-8,13,18-20,29H,3-4,9-12H2,1-2H3,(H,24,30). The Kier molecular flexibility index (Phi) is 6.57. The van der Waals surface area contributed by atoms with E-state index in [1.807, 2.05) is 36.7 Å². The normalized spacial score (nSPS) is 22.9. The van der Waals surface area contributed by atoms with Crippen LogP contribution in [-0.4, -0.2) is 68.9 Å². The maximum atomic E-state index is 13.1. The van der Waals surface area contributed by atoms with Crippen LogP contribution in [0.1, 0.15) is 37.4 Å². The molecule has 1 aromatic carbocycles. The number of aliphatic hydroxyl groups excluding tert-OH is 1. The van der Waals surface area contributed by atoms with Gasteiger partial charge in [0.25, 0.3) is 0 Å². The number of hydrogen-bond acceptors (Lipinski definition) is 6. The van der Waals surface area contributed by atoms with Crippen molar-refractivity contribution in [3.8, 4) is 10.4 Å². The monoisotopic (exact) mass is 456 g/mol. The molecule has 9 heteroatoms. The number of thiazole rings is 1. The number of nitrogens with one attached hydrogen (secondary N) is 1. The third-order valence-corrected chi connectivity index (χ3v) is 7.21. The summed E-state index contributed by atoms with van der Waals surface area (Å²) in [4.78, 5) is 46.3. The van der Waals surface area contributed by atoms with E-state index in [0.29, 0.717) is 19.5 Å². The Morgan fingerprint density at radius 2 is 1.94 bits per heavy atom. The maximum absolute atomic E-state index is 13.1. The smallest absolute Gasteiger partial charge is 0.246 e. The molecule has 2 aliphatic rings. The van der Waals surface area contributed by atoms with Crippen LogP contribution in [-0.2, 0) is 20.9 Å². The van der Waals surface area contributed by atoms with Crippen LogP contribution in [0.5, 0.6) is 0 Å². The Bertz CT molecular complexity index is 1010. The molecule has 3 amide bonds. The van der Waals surface area contributed by atoms with Gasteiger partial charge in [-0.1, -0.05) is 24.3 Å². The van der Waals surface area contributed by atoms with E-state index >= 15 is 0 Å². The Balaban J connectivity index is 1.39. The number of carbonyl (C=O) groups is 3. The lowest BCUT2D eigenvalue weighted by atomic mass is 10.1. The van der Waals surface area contributed by atoms with Crippen LogP contribution in [0.25, 0.3) is 10.4 Å². The molecule has 0 aliphatic carbocycles. The summed E-state index contributed by atoms with van der Waals surface area (Å²) >= 11 is 1.59. The summed E-state index contributed by atoms with van der Waals surface area (Å²) in [7, 11) is 0. The van der Waals surface area contributed by atoms with Crippen molar-refractivity contribution < 1.29 is 19.5 Å². The van der Waals surface area contributed by atoms with Crippen LogP contribution in [0.15, 0.2) is 29.8 Å². The van der Waals surface area contributed by atoms with E-state index in [1.54, 1.807) is 16.2 Å². The summed E-state index contributed by atoms with van der Waals surface area (Å²) in [5.41, 5.74) is 4.84. The molecular weight excluding hydrogens is 428 g/mol. The molecule has 3 heterocycles. The summed E-state index contributed by atoms with van der Waals surface area (Å²) in [5, 5.41) is 13.1. The van der Waals surface area contributed by atoms with E-state index in [0.717, 1.165) is 28.1 Å². The predicted molar refractivity (Wildman–Crippen MR) is 121 cm³/mol. The minimum absolute atomic E-state index is 0.113. The lowest BCUT2D eigenvalue weighted by Crippen LogP contribution is -2.52. The second-order valence-corrected chi connectivity index (χ2v) is 9.30. The van der Waals surface area contributed by atoms with E-state index < -0.39 is 18.2 Å². The minimum atomic E-state index is -0.746. The van der Waals surface area contributed by atoms with Gasteiger partial charge in [-0.05, 0) is 30.9 Å². The molecule has 8 nitrogen and oxygen atoms in total. The molecule has 32 heavy (non-hydrogen) atoms. The van der Waals surface area contributed by atoms with Gasteiger partial charge in [0.2, 0.25) is 17.7 Å². The highest BCUT2D eigenvalue weighted by molar-refractivity contribution is 7.13. The molecular formula is C23H28N4O4S. The third-order valence-electron chi connectivity index (χ3n) is 6.24. The average Bonchev–Trinajstić information content (AvgIpc) is 3.51. The van der Waals surface area contributed by atoms with Crippen LogP contribution in [0, 0.1) is 6.92 Å². The van der Waals surface area contributed by atoms with Gasteiger partial charge in [0.05, 0.1) is 22.2 Å². The van der Waals surface area contributed by atoms with Crippen LogP contribution < -0.4 is 5.32 Å². The number of likely N-dealkylation sites (tertiary alicyclic amines) is 2. The molecule has 2 saturated heterocycles. The first-order valence-electron chi connectivity index (χ1n) is 10.9. The molecule has 3 unspecified atom stereocenters. The van der Waals surface area contributed by atoms with E-state index in [9.17, 15) is 19.5 Å². The highest BCUT2D eigenvalue weighted by Crippen LogP contribution is 2.28. The van der Waals surface area contributed by atoms with Crippen LogP contribution in [0.3, 0.4) is 0 Å². The summed E-state index contributed by atoms with van der Waals surface area (Å²) in [5.74, 6) is -0.679. The zero-order valence-electron chi connectivity index (χ0n) is 18.3. The fraction of sp³-hybridized carbons (Fsp3) is 0.478. The third kappa shape index (κ3) is 4.54. The largest absolute Gasteiger partial charge is 0.391 e. The van der Waals surface area contributed by atoms with Crippen LogP contribution in [0.2, 0.25) is 0 Å². The fourth-order valence-electron chi connectivity index (χ4n) is 4.56. The van der Waals surface area contributed by atoms with E-state index in [4.69, 9.17) is 0 Å². The average molecular weight is 457 g/mol. The Labute approximate surface area is 191 Å². The van der Waals surface area contributed by atoms with Crippen molar-refractivity contribution >= 4 is 29.1 Å². The van der Waals surface area contributed by atoms with Gasteiger partial charge in [0, 0.05) is 33.0 Å². The summed E-state index contributed by atoms with van der Waals surface area (Å²) in [6.45, 7) is 4.43. The zero-order chi connectivity index (χ0) is 22.8. The second kappa shape index (κ2) is 9.38. The molecule has 0 bridgehead atoms. The molecule has 0 radical (unpaired) electrons. The SMILES string of the molecule is CC(=O)N1CCCC1C(=O)N1CC(O)CC1C(=O)NCc1ccc(-c2scnc2C)cc1. The molecule has 4 rings (SSSR count). The quantitative estimate of drug-likeness (QED) is 0.713. The number of benzene rings is 1. The number of nitrogens with zero attached hydrogens (tertiary/aromatic N) is 3. The number of hydrogen-bond donors (Lipinski definition) is 2. The number of amides is 3. The molecule has 170 valence electrons. The van der Waals surface area contributed by atoms with Gasteiger partial charge in [-0.15, -0.1) is 11.3 Å². The molecule has 3 atom stereocenters. The van der Waals surface area contributed by atoms with Crippen molar-refractivity contribution in [1.29, 1.82) is 0 Å². The van der Waals surface area contributed by atoms with Crippen molar-refractivity contribution in [2.75, 3.05) is 13.1 Å². The molecule has 2 aromatic rings. The molecule has 2 fully saturated rings. The van der Waals surface area contributed by atoms with Crippen molar-refractivity contribution in [3.63, 3.8) is 0 Å². The van der Waals surface area contributed by atoms with Gasteiger partial charge in [-0.3, -0.25) is 14.4 Å². The predicted octanol–water partition coefficient (Wildman–Crippen LogP) is 1.71. The Morgan fingerprint density at radius 1 is 1.19 bits per heavy atom. The highest BCUT2D eigenvalue weighted by Gasteiger charge is 2.44. The van der Waals surface area contributed by atoms with Crippen LogP contribution >= 0.6 is 11.3 Å². The van der Waals surface area contributed by atoms with Crippen molar-refractivity contribution in [3.05, 3.63) is 41.0 Å². The maximum Gasteiger partial charge on any atom is 0.246 e. The van der Waals surface area contributed by atoms with Crippen molar-refractivity contribution in [2.24, 2.45) is 0 Å². The lowest BCUT2D eigenvalue weighted by Gasteiger charge is -2.30. The minimum Gasteiger partial charge on any atom is -0.391 e. The first-order chi connectivity index (χ1) is 15.3. The van der Waals surface area contributed by atoms with Gasteiger partial charge in [0.1, 0.15) is 12.1 Å². The van der Waals surface area contributed by atoms with Gasteiger partial charge >= 0.3 is 0 Å². The summed E-state index contributed by atoms with van der Waals surface area (Å²) in [6.07, 6.45) is 0.808. The Morgan fingerprint density at radius 3 is 2.59 bits per heavy atom. The second-order valence-electron chi connectivity index (χ2n) is 8.45. The number of rotatable bonds is 5. The molecule has 2 N–H and O–H groups in total. The first kappa shape index (κ1) is 22.4. The number of aliphatic hydroxyl groups is 1. The molecule has 1 aromatic heterocycles. The number of aryl methyl sites for hydroxylation is 1. The van der Waals surface area contributed by atoms with Crippen LogP contribution in [0.4, 0.5) is 0 Å². The Hall–Kier alpha value is -2.78. The topological polar surface area (TPSA) is 103 Å². The number of aromatic nitrogens is 1. The van der Waals surface area contributed by atoms with Gasteiger partial charge in [-0.2, -0.15) is 0 Å².